The van der Waals surface area contributed by atoms with Gasteiger partial charge in [0.25, 0.3) is 5.91 Å². The third-order valence-corrected chi connectivity index (χ3v) is 6.40. The van der Waals surface area contributed by atoms with E-state index in [0.717, 1.165) is 5.56 Å². The zero-order valence-electron chi connectivity index (χ0n) is 19.1. The molecule has 0 radical (unpaired) electrons. The van der Waals surface area contributed by atoms with E-state index in [1.807, 2.05) is 6.07 Å². The summed E-state index contributed by atoms with van der Waals surface area (Å²) in [6.45, 7) is -0.135. The van der Waals surface area contributed by atoms with Crippen LogP contribution >= 0.6 is 23.2 Å². The summed E-state index contributed by atoms with van der Waals surface area (Å²) in [4.78, 5) is 36.6. The predicted molar refractivity (Wildman–Crippen MR) is 132 cm³/mol. The minimum atomic E-state index is -1.47. The fourth-order valence-electron chi connectivity index (χ4n) is 3.86. The molecule has 2 aromatic carbocycles. The molecule has 4 atom stereocenters. The van der Waals surface area contributed by atoms with E-state index in [0.29, 0.717) is 18.4 Å². The first-order chi connectivity index (χ1) is 17.0. The molecule has 10 nitrogen and oxygen atoms in total. The van der Waals surface area contributed by atoms with Gasteiger partial charge in [0, 0.05) is 13.1 Å². The number of phenolic OH excluding ortho intramolecular Hbond substituents is 1. The molecular formula is C24H27Cl2N3O7. The zero-order valence-corrected chi connectivity index (χ0v) is 20.6. The summed E-state index contributed by atoms with van der Waals surface area (Å²) in [6.07, 6.45) is -0.644. The Morgan fingerprint density at radius 3 is 2.42 bits per heavy atom. The Bertz CT molecular complexity index is 1110. The molecule has 194 valence electrons. The monoisotopic (exact) mass is 539 g/mol. The Labute approximate surface area is 217 Å². The molecule has 1 aliphatic heterocycles. The minimum Gasteiger partial charge on any atom is -0.508 e. The fraction of sp³-hybridized carbons (Fsp3) is 0.375. The molecule has 1 aliphatic rings. The topological polar surface area (TPSA) is 168 Å². The van der Waals surface area contributed by atoms with E-state index < -0.39 is 48.6 Å². The van der Waals surface area contributed by atoms with Crippen molar-refractivity contribution in [1.82, 2.24) is 16.0 Å². The van der Waals surface area contributed by atoms with Crippen molar-refractivity contribution in [3.05, 3.63) is 63.1 Å². The van der Waals surface area contributed by atoms with Crippen LogP contribution in [0.15, 0.2) is 36.4 Å². The lowest BCUT2D eigenvalue weighted by molar-refractivity contribution is -0.139. The number of carbonyl (C=O) groups excluding carboxylic acids is 2. The van der Waals surface area contributed by atoms with Crippen molar-refractivity contribution in [2.24, 2.45) is 0 Å². The Morgan fingerprint density at radius 1 is 1.14 bits per heavy atom. The number of carbonyl (C=O) groups is 3. The third kappa shape index (κ3) is 7.31. The van der Waals surface area contributed by atoms with Crippen LogP contribution in [0.2, 0.25) is 10.0 Å². The highest BCUT2D eigenvalue weighted by molar-refractivity contribution is 6.39. The van der Waals surface area contributed by atoms with E-state index in [4.69, 9.17) is 23.2 Å². The molecule has 36 heavy (non-hydrogen) atoms. The Hall–Kier alpha value is -2.89. The number of aromatic hydroxyl groups is 1. The lowest BCUT2D eigenvalue weighted by Gasteiger charge is -2.19. The first-order valence-corrected chi connectivity index (χ1v) is 12.0. The van der Waals surface area contributed by atoms with E-state index in [-0.39, 0.29) is 34.3 Å². The van der Waals surface area contributed by atoms with Crippen molar-refractivity contribution in [2.75, 3.05) is 13.1 Å². The van der Waals surface area contributed by atoms with Crippen molar-refractivity contribution in [1.29, 1.82) is 0 Å². The van der Waals surface area contributed by atoms with Gasteiger partial charge in [0.05, 0.1) is 33.9 Å². The molecule has 3 rings (SSSR count). The van der Waals surface area contributed by atoms with Gasteiger partial charge in [-0.2, -0.15) is 0 Å². The number of rotatable bonds is 10. The average Bonchev–Trinajstić information content (AvgIpc) is 3.25. The molecule has 1 heterocycles. The zero-order chi connectivity index (χ0) is 26.4. The number of amides is 2. The van der Waals surface area contributed by atoms with Gasteiger partial charge in [0.15, 0.2) is 0 Å². The number of halogens is 2. The van der Waals surface area contributed by atoms with Crippen LogP contribution in [-0.4, -0.2) is 69.5 Å². The van der Waals surface area contributed by atoms with Gasteiger partial charge in [0.2, 0.25) is 5.91 Å². The van der Waals surface area contributed by atoms with Crippen molar-refractivity contribution >= 4 is 41.0 Å². The number of hydrogen-bond donors (Lipinski definition) is 7. The fourth-order valence-corrected chi connectivity index (χ4v) is 4.53. The molecule has 1 unspecified atom stereocenters. The highest BCUT2D eigenvalue weighted by Gasteiger charge is 2.30. The SMILES string of the molecule is O=C(N[C@@H](CNC(=O)[C@H]1C[C@@H](O)CN1)C(=O)O)c1c(Cl)cc(C(O)CCc2cccc(O)c2)cc1Cl. The Morgan fingerprint density at radius 2 is 1.83 bits per heavy atom. The van der Waals surface area contributed by atoms with E-state index >= 15 is 0 Å². The number of hydrogen-bond acceptors (Lipinski definition) is 7. The van der Waals surface area contributed by atoms with Gasteiger partial charge in [-0.25, -0.2) is 4.79 Å². The molecule has 12 heteroatoms. The number of aliphatic carboxylic acids is 1. The number of β-amino-alcohol motifs (C(OH)–C–C–N with tert-alkyl or cyclic N) is 1. The lowest BCUT2D eigenvalue weighted by Crippen LogP contribution is -2.51. The van der Waals surface area contributed by atoms with Crippen LogP contribution in [-0.2, 0) is 16.0 Å². The molecule has 2 aromatic rings. The summed E-state index contributed by atoms with van der Waals surface area (Å²) in [6, 6.07) is 7.29. The van der Waals surface area contributed by atoms with Crippen molar-refractivity contribution in [2.45, 2.75) is 43.6 Å². The van der Waals surface area contributed by atoms with Gasteiger partial charge in [-0.3, -0.25) is 9.59 Å². The van der Waals surface area contributed by atoms with Crippen LogP contribution in [0.1, 0.15) is 40.4 Å². The second kappa shape index (κ2) is 12.4. The first kappa shape index (κ1) is 27.7. The summed E-state index contributed by atoms with van der Waals surface area (Å²) < 4.78 is 0. The number of phenols is 1. The highest BCUT2D eigenvalue weighted by Crippen LogP contribution is 2.31. The highest BCUT2D eigenvalue weighted by atomic mass is 35.5. The van der Waals surface area contributed by atoms with Crippen LogP contribution in [0.4, 0.5) is 0 Å². The Balaban J connectivity index is 1.63. The quantitative estimate of drug-likeness (QED) is 0.237. The van der Waals surface area contributed by atoms with Gasteiger partial charge < -0.3 is 36.4 Å². The second-order valence-corrected chi connectivity index (χ2v) is 9.36. The number of carboxylic acids is 1. The van der Waals surface area contributed by atoms with Crippen LogP contribution < -0.4 is 16.0 Å². The van der Waals surface area contributed by atoms with Crippen molar-refractivity contribution in [3.8, 4) is 5.75 Å². The summed E-state index contributed by atoms with van der Waals surface area (Å²) in [5, 5.41) is 46.5. The maximum atomic E-state index is 12.8. The summed E-state index contributed by atoms with van der Waals surface area (Å²) in [7, 11) is 0. The smallest absolute Gasteiger partial charge is 0.328 e. The number of aliphatic hydroxyl groups excluding tert-OH is 2. The van der Waals surface area contributed by atoms with Gasteiger partial charge >= 0.3 is 5.97 Å². The maximum Gasteiger partial charge on any atom is 0.328 e. The summed E-state index contributed by atoms with van der Waals surface area (Å²) in [5.74, 6) is -2.61. The van der Waals surface area contributed by atoms with Crippen LogP contribution in [0, 0.1) is 0 Å². The van der Waals surface area contributed by atoms with Crippen molar-refractivity contribution in [3.63, 3.8) is 0 Å². The van der Waals surface area contributed by atoms with E-state index in [1.165, 1.54) is 12.1 Å². The second-order valence-electron chi connectivity index (χ2n) is 8.54. The van der Waals surface area contributed by atoms with Crippen LogP contribution in [0.3, 0.4) is 0 Å². The minimum absolute atomic E-state index is 0.0799. The summed E-state index contributed by atoms with van der Waals surface area (Å²) >= 11 is 12.5. The van der Waals surface area contributed by atoms with Crippen LogP contribution in [0.5, 0.6) is 5.75 Å². The molecule has 0 aromatic heterocycles. The molecule has 0 saturated carbocycles. The first-order valence-electron chi connectivity index (χ1n) is 11.2. The predicted octanol–water partition coefficient (Wildman–Crippen LogP) is 1.39. The normalized spacial score (nSPS) is 18.9. The maximum absolute atomic E-state index is 12.8. The molecule has 1 saturated heterocycles. The molecule has 0 aliphatic carbocycles. The van der Waals surface area contributed by atoms with Gasteiger partial charge in [0.1, 0.15) is 11.8 Å². The van der Waals surface area contributed by atoms with Gasteiger partial charge in [-0.1, -0.05) is 35.3 Å². The average molecular weight is 540 g/mol. The molecule has 7 N–H and O–H groups in total. The lowest BCUT2D eigenvalue weighted by atomic mass is 10.00. The molecule has 0 bridgehead atoms. The molecular weight excluding hydrogens is 513 g/mol. The van der Waals surface area contributed by atoms with Gasteiger partial charge in [-0.05, 0) is 54.7 Å². The number of carboxylic acid groups (broad SMARTS) is 1. The van der Waals surface area contributed by atoms with Crippen molar-refractivity contribution < 1.29 is 34.8 Å². The Kier molecular flexibility index (Phi) is 9.52. The number of aliphatic hydroxyl groups is 2. The standard InChI is InChI=1S/C24H27Cl2N3O7/c25-16-7-13(20(32)5-4-12-2-1-3-14(30)6-12)8-17(26)21(16)23(34)29-19(24(35)36)11-28-22(33)18-9-15(31)10-27-18/h1-3,6-8,15,18-20,27,30-32H,4-5,9-11H2,(H,28,33)(H,29,34)(H,35,36)/t15-,18-,19+,20?/m1/s1. The van der Waals surface area contributed by atoms with Crippen LogP contribution in [0.25, 0.3) is 0 Å². The molecule has 0 spiro atoms. The number of aryl methyl sites for hydroxylation is 1. The van der Waals surface area contributed by atoms with E-state index in [9.17, 15) is 34.8 Å². The van der Waals surface area contributed by atoms with E-state index in [1.54, 1.807) is 18.2 Å². The largest absolute Gasteiger partial charge is 0.508 e. The molecule has 2 amide bonds. The number of nitrogens with one attached hydrogen (secondary N) is 3. The number of benzene rings is 2. The molecule has 1 fully saturated rings. The summed E-state index contributed by atoms with van der Waals surface area (Å²) in [5.41, 5.74) is 1.03. The third-order valence-electron chi connectivity index (χ3n) is 5.80. The van der Waals surface area contributed by atoms with E-state index in [2.05, 4.69) is 16.0 Å². The van der Waals surface area contributed by atoms with Gasteiger partial charge in [-0.15, -0.1) is 0 Å².